The van der Waals surface area contributed by atoms with Crippen molar-refractivity contribution in [3.8, 4) is 0 Å². The lowest BCUT2D eigenvalue weighted by Gasteiger charge is -2.27. The van der Waals surface area contributed by atoms with Crippen LogP contribution in [0.5, 0.6) is 0 Å². The lowest BCUT2D eigenvalue weighted by molar-refractivity contribution is -0.119. The number of nitrogens with two attached hydrogens (primary N) is 1. The van der Waals surface area contributed by atoms with Crippen molar-refractivity contribution in [2.45, 2.75) is 64.1 Å². The largest absolute Gasteiger partial charge is 0.346 e. The molecule has 3 aromatic rings. The number of carbonyl (C=O) groups excluding carboxylic acids is 3. The van der Waals surface area contributed by atoms with Gasteiger partial charge in [-0.3, -0.25) is 14.4 Å². The van der Waals surface area contributed by atoms with Crippen molar-refractivity contribution in [3.05, 3.63) is 95.6 Å². The Morgan fingerprint density at radius 1 is 1.02 bits per heavy atom. The molecule has 0 saturated carbocycles. The van der Waals surface area contributed by atoms with Crippen LogP contribution in [0.25, 0.3) is 0 Å². The van der Waals surface area contributed by atoms with E-state index in [0.29, 0.717) is 25.1 Å². The van der Waals surface area contributed by atoms with Gasteiger partial charge in [-0.2, -0.15) is 0 Å². The standard InChI is InChI=1S/C32H38FN5O3/c1-3-25-11-8-18-38(25)32(41)28-13-7-12-27(36-28)31(40)37-29(20-22-9-5-4-6-10-22)26(34)19-21(2)30(39)35-24-16-14-23(33)15-17-24/h4-7,9-10,12-17,21,25-26,29H,3,8,11,18-20,34H2,1-2H3,(H,35,39)(H,37,40)/t21-,25+,26+,29+/m1/s1. The maximum Gasteiger partial charge on any atom is 0.272 e. The molecule has 41 heavy (non-hydrogen) atoms. The highest BCUT2D eigenvalue weighted by Gasteiger charge is 2.30. The number of carbonyl (C=O) groups is 3. The summed E-state index contributed by atoms with van der Waals surface area (Å²) in [5, 5.41) is 5.79. The second kappa shape index (κ2) is 14.0. The molecule has 4 rings (SSSR count). The van der Waals surface area contributed by atoms with Crippen molar-refractivity contribution < 1.29 is 18.8 Å². The molecule has 2 heterocycles. The van der Waals surface area contributed by atoms with Crippen LogP contribution < -0.4 is 16.4 Å². The lowest BCUT2D eigenvalue weighted by atomic mass is 9.92. The van der Waals surface area contributed by atoms with Crippen LogP contribution in [0.4, 0.5) is 10.1 Å². The number of nitrogens with one attached hydrogen (secondary N) is 2. The summed E-state index contributed by atoms with van der Waals surface area (Å²) in [5.74, 6) is -1.72. The maximum absolute atomic E-state index is 13.4. The summed E-state index contributed by atoms with van der Waals surface area (Å²) in [7, 11) is 0. The number of nitrogens with zero attached hydrogens (tertiary/aromatic N) is 2. The Kier molecular flexibility index (Phi) is 10.2. The highest BCUT2D eigenvalue weighted by Crippen LogP contribution is 2.22. The summed E-state index contributed by atoms with van der Waals surface area (Å²) < 4.78 is 13.2. The van der Waals surface area contributed by atoms with Gasteiger partial charge in [-0.15, -0.1) is 0 Å². The number of hydrogen-bond acceptors (Lipinski definition) is 5. The first-order chi connectivity index (χ1) is 19.7. The van der Waals surface area contributed by atoms with Crippen LogP contribution in [-0.4, -0.2) is 52.3 Å². The van der Waals surface area contributed by atoms with E-state index >= 15 is 0 Å². The fourth-order valence-corrected chi connectivity index (χ4v) is 5.25. The van der Waals surface area contributed by atoms with E-state index < -0.39 is 23.9 Å². The highest BCUT2D eigenvalue weighted by atomic mass is 19.1. The molecule has 9 heteroatoms. The van der Waals surface area contributed by atoms with E-state index in [0.717, 1.165) is 24.8 Å². The number of pyridine rings is 1. The highest BCUT2D eigenvalue weighted by molar-refractivity contribution is 5.96. The van der Waals surface area contributed by atoms with Gasteiger partial charge in [-0.05, 0) is 74.1 Å². The normalized spacial score (nSPS) is 17.0. The second-order valence-electron chi connectivity index (χ2n) is 10.7. The van der Waals surface area contributed by atoms with E-state index in [1.54, 1.807) is 25.1 Å². The topological polar surface area (TPSA) is 117 Å². The molecule has 0 bridgehead atoms. The number of anilines is 1. The molecule has 2 aromatic carbocycles. The van der Waals surface area contributed by atoms with Crippen LogP contribution in [0.3, 0.4) is 0 Å². The third-order valence-corrected chi connectivity index (χ3v) is 7.63. The van der Waals surface area contributed by atoms with E-state index in [4.69, 9.17) is 5.73 Å². The van der Waals surface area contributed by atoms with Gasteiger partial charge in [-0.25, -0.2) is 9.37 Å². The van der Waals surface area contributed by atoms with Crippen LogP contribution in [0.15, 0.2) is 72.8 Å². The van der Waals surface area contributed by atoms with Crippen molar-refractivity contribution in [3.63, 3.8) is 0 Å². The number of aromatic nitrogens is 1. The number of benzene rings is 2. The minimum absolute atomic E-state index is 0.135. The van der Waals surface area contributed by atoms with Crippen LogP contribution in [0.2, 0.25) is 0 Å². The molecular weight excluding hydrogens is 521 g/mol. The van der Waals surface area contributed by atoms with E-state index in [-0.39, 0.29) is 35.1 Å². The zero-order valence-corrected chi connectivity index (χ0v) is 23.6. The molecule has 216 valence electrons. The predicted molar refractivity (Wildman–Crippen MR) is 157 cm³/mol. The van der Waals surface area contributed by atoms with Gasteiger partial charge in [0.1, 0.15) is 17.2 Å². The lowest BCUT2D eigenvalue weighted by Crippen LogP contribution is -2.50. The second-order valence-corrected chi connectivity index (χ2v) is 10.7. The fourth-order valence-electron chi connectivity index (χ4n) is 5.25. The monoisotopic (exact) mass is 559 g/mol. The molecular formula is C32H38FN5O3. The number of halogens is 1. The average molecular weight is 560 g/mol. The summed E-state index contributed by atoms with van der Waals surface area (Å²) in [6.07, 6.45) is 3.56. The van der Waals surface area contributed by atoms with Crippen molar-refractivity contribution in [1.29, 1.82) is 0 Å². The Balaban J connectivity index is 1.46. The summed E-state index contributed by atoms with van der Waals surface area (Å²) in [6.45, 7) is 4.52. The number of hydrogen-bond donors (Lipinski definition) is 3. The molecule has 0 radical (unpaired) electrons. The summed E-state index contributed by atoms with van der Waals surface area (Å²) in [4.78, 5) is 45.6. The van der Waals surface area contributed by atoms with Crippen LogP contribution in [-0.2, 0) is 11.2 Å². The molecule has 1 aromatic heterocycles. The van der Waals surface area contributed by atoms with Gasteiger partial charge in [0.05, 0.1) is 0 Å². The molecule has 0 spiro atoms. The van der Waals surface area contributed by atoms with Crippen LogP contribution >= 0.6 is 0 Å². The van der Waals surface area contributed by atoms with Crippen molar-refractivity contribution in [2.75, 3.05) is 11.9 Å². The molecule has 8 nitrogen and oxygen atoms in total. The summed E-state index contributed by atoms with van der Waals surface area (Å²) in [5.41, 5.74) is 8.46. The smallest absolute Gasteiger partial charge is 0.272 e. The Bertz CT molecular complexity index is 1330. The number of amides is 3. The Morgan fingerprint density at radius 3 is 2.44 bits per heavy atom. The van der Waals surface area contributed by atoms with Crippen LogP contribution in [0.1, 0.15) is 66.1 Å². The minimum Gasteiger partial charge on any atom is -0.346 e. The van der Waals surface area contributed by atoms with Crippen molar-refractivity contribution >= 4 is 23.4 Å². The summed E-state index contributed by atoms with van der Waals surface area (Å²) >= 11 is 0. The first-order valence-corrected chi connectivity index (χ1v) is 14.2. The maximum atomic E-state index is 13.4. The molecule has 4 N–H and O–H groups in total. The van der Waals surface area contributed by atoms with Crippen molar-refractivity contribution in [1.82, 2.24) is 15.2 Å². The van der Waals surface area contributed by atoms with Gasteiger partial charge >= 0.3 is 0 Å². The van der Waals surface area contributed by atoms with E-state index in [1.807, 2.05) is 35.2 Å². The van der Waals surface area contributed by atoms with Gasteiger partial charge in [0, 0.05) is 36.3 Å². The SMILES string of the molecule is CC[C@H]1CCCN1C(=O)c1cccc(C(=O)N[C@@H](Cc2ccccc2)[C@@H](N)C[C@@H](C)C(=O)Nc2ccc(F)cc2)n1. The zero-order chi connectivity index (χ0) is 29.4. The molecule has 1 aliphatic heterocycles. The Morgan fingerprint density at radius 2 is 1.73 bits per heavy atom. The van der Waals surface area contributed by atoms with Crippen molar-refractivity contribution in [2.24, 2.45) is 11.7 Å². The van der Waals surface area contributed by atoms with Gasteiger partial charge in [-0.1, -0.05) is 50.2 Å². The number of likely N-dealkylation sites (tertiary alicyclic amines) is 1. The quantitative estimate of drug-likeness (QED) is 0.318. The van der Waals surface area contributed by atoms with Gasteiger partial charge in [0.2, 0.25) is 5.91 Å². The summed E-state index contributed by atoms with van der Waals surface area (Å²) in [6, 6.07) is 19.2. The fraction of sp³-hybridized carbons (Fsp3) is 0.375. The van der Waals surface area contributed by atoms with Gasteiger partial charge in [0.15, 0.2) is 0 Å². The zero-order valence-electron chi connectivity index (χ0n) is 23.6. The molecule has 1 fully saturated rings. The predicted octanol–water partition coefficient (Wildman–Crippen LogP) is 4.57. The average Bonchev–Trinajstić information content (AvgIpc) is 3.47. The van der Waals surface area contributed by atoms with E-state index in [9.17, 15) is 18.8 Å². The van der Waals surface area contributed by atoms with Gasteiger partial charge < -0.3 is 21.3 Å². The number of rotatable bonds is 11. The Labute approximate surface area is 240 Å². The minimum atomic E-state index is -0.562. The molecule has 1 saturated heterocycles. The molecule has 3 amide bonds. The Hall–Kier alpha value is -4.11. The third-order valence-electron chi connectivity index (χ3n) is 7.63. The molecule has 4 atom stereocenters. The van der Waals surface area contributed by atoms with E-state index in [1.165, 1.54) is 24.3 Å². The molecule has 0 unspecified atom stereocenters. The third kappa shape index (κ3) is 7.98. The first-order valence-electron chi connectivity index (χ1n) is 14.2. The van der Waals surface area contributed by atoms with Gasteiger partial charge in [0.25, 0.3) is 11.8 Å². The van der Waals surface area contributed by atoms with E-state index in [2.05, 4.69) is 22.5 Å². The van der Waals surface area contributed by atoms with Crippen LogP contribution in [0, 0.1) is 11.7 Å². The first kappa shape index (κ1) is 29.9. The molecule has 1 aliphatic rings. The molecule has 0 aliphatic carbocycles.